The van der Waals surface area contributed by atoms with Crippen molar-refractivity contribution in [1.82, 2.24) is 20.3 Å². The highest BCUT2D eigenvalue weighted by molar-refractivity contribution is 5.73. The second-order valence-electron chi connectivity index (χ2n) is 9.54. The van der Waals surface area contributed by atoms with Crippen molar-refractivity contribution in [2.45, 2.75) is 59.0 Å². The minimum Gasteiger partial charge on any atom is -0.444 e. The van der Waals surface area contributed by atoms with Crippen LogP contribution < -0.4 is 21.9 Å². The van der Waals surface area contributed by atoms with Gasteiger partial charge in [-0.3, -0.25) is 4.79 Å². The second-order valence-corrected chi connectivity index (χ2v) is 9.54. The van der Waals surface area contributed by atoms with Gasteiger partial charge >= 0.3 is 6.09 Å². The minimum absolute atomic E-state index is 0.211. The lowest BCUT2D eigenvalue weighted by Gasteiger charge is -2.30. The Morgan fingerprint density at radius 1 is 1.23 bits per heavy atom. The molecule has 0 fully saturated rings. The monoisotopic (exact) mass is 430 g/mol. The predicted octanol–water partition coefficient (Wildman–Crippen LogP) is 2.55. The minimum atomic E-state index is -0.566. The third-order valence-corrected chi connectivity index (χ3v) is 5.41. The number of fused-ring (bicyclic) bond motifs is 1. The van der Waals surface area contributed by atoms with Crippen LogP contribution in [0.15, 0.2) is 17.1 Å². The van der Waals surface area contributed by atoms with Gasteiger partial charge in [-0.05, 0) is 52.5 Å². The largest absolute Gasteiger partial charge is 0.444 e. The fourth-order valence-electron chi connectivity index (χ4n) is 3.55. The van der Waals surface area contributed by atoms with E-state index in [2.05, 4.69) is 25.6 Å². The second kappa shape index (κ2) is 9.13. The first-order chi connectivity index (χ1) is 14.6. The summed E-state index contributed by atoms with van der Waals surface area (Å²) in [5, 5.41) is 6.13. The number of hydrogen-bond acceptors (Lipinski definition) is 6. The fraction of sp³-hybridized carbons (Fsp3) is 0.591. The van der Waals surface area contributed by atoms with Gasteiger partial charge in [0.1, 0.15) is 17.0 Å². The molecule has 0 saturated carbocycles. The molecule has 0 radical (unpaired) electrons. The highest BCUT2D eigenvalue weighted by Crippen LogP contribution is 2.27. The predicted molar refractivity (Wildman–Crippen MR) is 121 cm³/mol. The Balaban J connectivity index is 1.73. The van der Waals surface area contributed by atoms with Gasteiger partial charge in [-0.2, -0.15) is 0 Å². The SMILES string of the molecule is CC(CN)(CNC(=O)OC(C)(C)C)CNc1cc[nH]c(=O)c1-c1nc2c([nH]1)CCCC2. The van der Waals surface area contributed by atoms with E-state index in [1.807, 2.05) is 33.8 Å². The van der Waals surface area contributed by atoms with Crippen LogP contribution in [0, 0.1) is 5.41 Å². The van der Waals surface area contributed by atoms with E-state index in [4.69, 9.17) is 10.5 Å². The molecule has 1 atom stereocenters. The van der Waals surface area contributed by atoms with E-state index < -0.39 is 17.1 Å². The Morgan fingerprint density at radius 3 is 2.65 bits per heavy atom. The first kappa shape index (κ1) is 22.9. The Bertz CT molecular complexity index is 951. The van der Waals surface area contributed by atoms with Crippen molar-refractivity contribution in [2.75, 3.05) is 25.0 Å². The van der Waals surface area contributed by atoms with Crippen LogP contribution in [0.4, 0.5) is 10.5 Å². The smallest absolute Gasteiger partial charge is 0.407 e. The number of rotatable bonds is 7. The van der Waals surface area contributed by atoms with Gasteiger partial charge in [0.25, 0.3) is 5.56 Å². The Hall–Kier alpha value is -2.81. The summed E-state index contributed by atoms with van der Waals surface area (Å²) in [4.78, 5) is 35.4. The molecule has 2 aromatic heterocycles. The number of nitrogens with zero attached hydrogens (tertiary/aromatic N) is 1. The molecule has 170 valence electrons. The van der Waals surface area contributed by atoms with Crippen molar-refractivity contribution in [3.63, 3.8) is 0 Å². The molecule has 1 amide bonds. The van der Waals surface area contributed by atoms with E-state index in [0.29, 0.717) is 36.7 Å². The molecular formula is C22H34N6O3. The number of hydrogen-bond donors (Lipinski definition) is 5. The molecule has 0 aliphatic heterocycles. The molecule has 0 saturated heterocycles. The Morgan fingerprint density at radius 2 is 1.97 bits per heavy atom. The zero-order chi connectivity index (χ0) is 22.6. The average molecular weight is 431 g/mol. The molecule has 1 unspecified atom stereocenters. The summed E-state index contributed by atoms with van der Waals surface area (Å²) in [6.07, 6.45) is 5.26. The van der Waals surface area contributed by atoms with Crippen LogP contribution in [0.2, 0.25) is 0 Å². The molecule has 3 rings (SSSR count). The van der Waals surface area contributed by atoms with Gasteiger partial charge in [0, 0.05) is 36.9 Å². The molecule has 6 N–H and O–H groups in total. The number of aryl methyl sites for hydroxylation is 2. The van der Waals surface area contributed by atoms with Crippen molar-refractivity contribution in [3.8, 4) is 11.4 Å². The number of imidazole rings is 1. The fourth-order valence-corrected chi connectivity index (χ4v) is 3.55. The number of aromatic amines is 2. The first-order valence-corrected chi connectivity index (χ1v) is 10.8. The quantitative estimate of drug-likeness (QED) is 0.458. The first-order valence-electron chi connectivity index (χ1n) is 10.8. The van der Waals surface area contributed by atoms with E-state index in [0.717, 1.165) is 37.1 Å². The van der Waals surface area contributed by atoms with Crippen molar-refractivity contribution < 1.29 is 9.53 Å². The molecule has 9 nitrogen and oxygen atoms in total. The van der Waals surface area contributed by atoms with Crippen LogP contribution in [-0.2, 0) is 17.6 Å². The number of alkyl carbamates (subject to hydrolysis) is 1. The number of nitrogens with two attached hydrogens (primary N) is 1. The number of carbonyl (C=O) groups excluding carboxylic acids is 1. The molecule has 0 spiro atoms. The number of nitrogens with one attached hydrogen (secondary N) is 4. The van der Waals surface area contributed by atoms with E-state index in [-0.39, 0.29) is 5.56 Å². The maximum atomic E-state index is 12.6. The van der Waals surface area contributed by atoms with Gasteiger partial charge in [0.2, 0.25) is 0 Å². The lowest BCUT2D eigenvalue weighted by Crippen LogP contribution is -2.46. The summed E-state index contributed by atoms with van der Waals surface area (Å²) >= 11 is 0. The summed E-state index contributed by atoms with van der Waals surface area (Å²) < 4.78 is 5.30. The number of anilines is 1. The number of aromatic nitrogens is 3. The maximum Gasteiger partial charge on any atom is 0.407 e. The van der Waals surface area contributed by atoms with Gasteiger partial charge in [-0.15, -0.1) is 0 Å². The summed E-state index contributed by atoms with van der Waals surface area (Å²) in [5.74, 6) is 0.581. The highest BCUT2D eigenvalue weighted by atomic mass is 16.6. The topological polar surface area (TPSA) is 138 Å². The Kier molecular flexibility index (Phi) is 6.74. The van der Waals surface area contributed by atoms with Gasteiger partial charge in [0.15, 0.2) is 0 Å². The van der Waals surface area contributed by atoms with E-state index in [1.54, 1.807) is 6.20 Å². The molecule has 2 aromatic rings. The summed E-state index contributed by atoms with van der Waals surface area (Å²) in [6.45, 7) is 8.54. The van der Waals surface area contributed by atoms with Gasteiger partial charge < -0.3 is 31.1 Å². The molecule has 0 bridgehead atoms. The van der Waals surface area contributed by atoms with E-state index >= 15 is 0 Å². The van der Waals surface area contributed by atoms with Crippen molar-refractivity contribution in [2.24, 2.45) is 11.1 Å². The summed E-state index contributed by atoms with van der Waals surface area (Å²) in [5.41, 5.74) is 8.11. The van der Waals surface area contributed by atoms with Crippen LogP contribution in [0.3, 0.4) is 0 Å². The van der Waals surface area contributed by atoms with Gasteiger partial charge in [-0.25, -0.2) is 9.78 Å². The molecular weight excluding hydrogens is 396 g/mol. The zero-order valence-corrected chi connectivity index (χ0v) is 18.9. The van der Waals surface area contributed by atoms with Crippen LogP contribution in [0.5, 0.6) is 0 Å². The highest BCUT2D eigenvalue weighted by Gasteiger charge is 2.26. The van der Waals surface area contributed by atoms with E-state index in [9.17, 15) is 9.59 Å². The van der Waals surface area contributed by atoms with Crippen molar-refractivity contribution >= 4 is 11.8 Å². The lowest BCUT2D eigenvalue weighted by atomic mass is 9.90. The van der Waals surface area contributed by atoms with Crippen LogP contribution in [0.25, 0.3) is 11.4 Å². The normalized spacial score (nSPS) is 15.6. The standard InChI is InChI=1S/C22H34N6O3/c1-21(2,3)31-20(30)26-13-22(4,11-23)12-25-16-9-10-24-19(29)17(16)18-27-14-7-5-6-8-15(14)28-18/h9-10H,5-8,11-13,23H2,1-4H3,(H,26,30)(H,27,28)(H2,24,25,29). The van der Waals surface area contributed by atoms with Crippen molar-refractivity contribution in [3.05, 3.63) is 34.0 Å². The molecule has 31 heavy (non-hydrogen) atoms. The molecule has 0 aromatic carbocycles. The lowest BCUT2D eigenvalue weighted by molar-refractivity contribution is 0.0507. The van der Waals surface area contributed by atoms with Crippen molar-refractivity contribution in [1.29, 1.82) is 0 Å². The molecule has 2 heterocycles. The summed E-state index contributed by atoms with van der Waals surface area (Å²) in [6, 6.07) is 1.82. The van der Waals surface area contributed by atoms with Gasteiger partial charge in [0.05, 0.1) is 11.4 Å². The third kappa shape index (κ3) is 5.88. The number of H-pyrrole nitrogens is 2. The third-order valence-electron chi connectivity index (χ3n) is 5.41. The molecule has 1 aliphatic rings. The summed E-state index contributed by atoms with van der Waals surface area (Å²) in [7, 11) is 0. The van der Waals surface area contributed by atoms with Crippen LogP contribution >= 0.6 is 0 Å². The van der Waals surface area contributed by atoms with Crippen LogP contribution in [0.1, 0.15) is 51.9 Å². The number of pyridine rings is 1. The molecule has 1 aliphatic carbocycles. The number of carbonyl (C=O) groups is 1. The molecule has 9 heteroatoms. The van der Waals surface area contributed by atoms with E-state index in [1.165, 1.54) is 0 Å². The Labute approximate surface area is 182 Å². The average Bonchev–Trinajstić information content (AvgIpc) is 3.13. The van der Waals surface area contributed by atoms with Crippen LogP contribution in [-0.4, -0.2) is 46.3 Å². The zero-order valence-electron chi connectivity index (χ0n) is 18.9. The number of ether oxygens (including phenoxy) is 1. The number of amides is 1. The maximum absolute atomic E-state index is 12.6. The van der Waals surface area contributed by atoms with Gasteiger partial charge in [-0.1, -0.05) is 6.92 Å².